The summed E-state index contributed by atoms with van der Waals surface area (Å²) < 4.78 is 15.1. The van der Waals surface area contributed by atoms with Gasteiger partial charge in [0.15, 0.2) is 0 Å². The zero-order valence-corrected chi connectivity index (χ0v) is 14.2. The van der Waals surface area contributed by atoms with Crippen LogP contribution in [-0.4, -0.2) is 44.5 Å². The van der Waals surface area contributed by atoms with Crippen LogP contribution in [0.1, 0.15) is 30.7 Å². The summed E-state index contributed by atoms with van der Waals surface area (Å²) in [5, 5.41) is 10.5. The fourth-order valence-electron chi connectivity index (χ4n) is 3.52. The molecule has 0 aromatic heterocycles. The van der Waals surface area contributed by atoms with Gasteiger partial charge in [-0.15, -0.1) is 0 Å². The average molecular weight is 336 g/mol. The van der Waals surface area contributed by atoms with Gasteiger partial charge in [-0.25, -0.2) is 0 Å². The molecule has 1 aromatic carbocycles. The summed E-state index contributed by atoms with van der Waals surface area (Å²) in [4.78, 5) is 24.2. The summed E-state index contributed by atoms with van der Waals surface area (Å²) >= 11 is 0. The maximum absolute atomic E-state index is 12.3. The molecule has 0 spiro atoms. The number of para-hydroxylation sites is 1. The van der Waals surface area contributed by atoms with Gasteiger partial charge in [0, 0.05) is 5.92 Å². The van der Waals surface area contributed by atoms with Crippen molar-refractivity contribution in [3.8, 4) is 5.75 Å². The first-order valence-corrected chi connectivity index (χ1v) is 8.00. The van der Waals surface area contributed by atoms with Crippen LogP contribution in [0.2, 0.25) is 0 Å². The van der Waals surface area contributed by atoms with Crippen molar-refractivity contribution in [2.75, 3.05) is 21.3 Å². The maximum Gasteiger partial charge on any atom is 0.311 e. The number of ether oxygens (including phenoxy) is 3. The van der Waals surface area contributed by atoms with E-state index in [1.54, 1.807) is 7.11 Å². The summed E-state index contributed by atoms with van der Waals surface area (Å²) in [6.07, 6.45) is 0.188. The number of rotatable bonds is 4. The summed E-state index contributed by atoms with van der Waals surface area (Å²) in [5.74, 6) is -1.52. The molecule has 0 radical (unpaired) electrons. The van der Waals surface area contributed by atoms with Crippen LogP contribution >= 0.6 is 0 Å². The number of esters is 2. The zero-order chi connectivity index (χ0) is 17.7. The van der Waals surface area contributed by atoms with Gasteiger partial charge >= 0.3 is 11.9 Å². The minimum absolute atomic E-state index is 0.264. The van der Waals surface area contributed by atoms with Crippen molar-refractivity contribution in [2.24, 2.45) is 11.8 Å². The Labute approximate surface area is 141 Å². The van der Waals surface area contributed by atoms with E-state index in [1.165, 1.54) is 14.2 Å². The van der Waals surface area contributed by atoms with E-state index in [2.05, 4.69) is 0 Å². The van der Waals surface area contributed by atoms with E-state index in [-0.39, 0.29) is 18.3 Å². The predicted octanol–water partition coefficient (Wildman–Crippen LogP) is 1.90. The van der Waals surface area contributed by atoms with Gasteiger partial charge in [0.1, 0.15) is 5.75 Å². The molecular formula is C18H24O6. The van der Waals surface area contributed by atoms with Crippen molar-refractivity contribution < 1.29 is 28.9 Å². The first kappa shape index (κ1) is 18.3. The molecule has 0 unspecified atom stereocenters. The molecule has 0 heterocycles. The highest BCUT2D eigenvalue weighted by Crippen LogP contribution is 2.42. The molecule has 2 rings (SSSR count). The second-order valence-electron chi connectivity index (χ2n) is 5.99. The summed E-state index contributed by atoms with van der Waals surface area (Å²) in [7, 11) is 4.21. The molecule has 6 nitrogen and oxygen atoms in total. The van der Waals surface area contributed by atoms with E-state index < -0.39 is 23.9 Å². The average Bonchev–Trinajstić information content (AvgIpc) is 2.79. The normalized spacial score (nSPS) is 27.0. The Morgan fingerprint density at radius 1 is 1.00 bits per heavy atom. The van der Waals surface area contributed by atoms with Crippen LogP contribution in [0.5, 0.6) is 5.75 Å². The molecule has 0 bridgehead atoms. The van der Waals surface area contributed by atoms with Gasteiger partial charge in [-0.2, -0.15) is 0 Å². The molecule has 0 amide bonds. The summed E-state index contributed by atoms with van der Waals surface area (Å²) in [6, 6.07) is 7.41. The van der Waals surface area contributed by atoms with Gasteiger partial charge in [-0.1, -0.05) is 18.2 Å². The van der Waals surface area contributed by atoms with Gasteiger partial charge < -0.3 is 19.3 Å². The fraction of sp³-hybridized carbons (Fsp3) is 0.556. The van der Waals surface area contributed by atoms with E-state index in [0.29, 0.717) is 18.6 Å². The summed E-state index contributed by atoms with van der Waals surface area (Å²) in [5.41, 5.74) is 0.833. The maximum atomic E-state index is 12.3. The molecule has 24 heavy (non-hydrogen) atoms. The van der Waals surface area contributed by atoms with E-state index >= 15 is 0 Å². The Kier molecular flexibility index (Phi) is 6.20. The number of benzene rings is 1. The smallest absolute Gasteiger partial charge is 0.311 e. The van der Waals surface area contributed by atoms with E-state index in [4.69, 9.17) is 14.2 Å². The lowest BCUT2D eigenvalue weighted by atomic mass is 9.81. The van der Waals surface area contributed by atoms with Gasteiger partial charge in [-0.3, -0.25) is 9.59 Å². The number of aliphatic hydroxyl groups is 1. The first-order valence-electron chi connectivity index (χ1n) is 8.00. The molecule has 1 aliphatic carbocycles. The van der Waals surface area contributed by atoms with Crippen molar-refractivity contribution in [1.82, 2.24) is 0 Å². The fourth-order valence-corrected chi connectivity index (χ4v) is 3.52. The molecule has 6 heteroatoms. The predicted molar refractivity (Wildman–Crippen MR) is 86.6 cm³/mol. The standard InChI is InChI=1S/C18H24O6/c1-22-16-7-5-4-6-11(16)14-10-15(19)13(18(21)24-3)9-8-12(14)17(20)23-2/h4-7,12-15,19H,8-10H2,1-3H3/t12-,13+,14+,15-/m0/s1. The van der Waals surface area contributed by atoms with E-state index in [1.807, 2.05) is 24.3 Å². The molecule has 1 N–H and O–H groups in total. The van der Waals surface area contributed by atoms with Gasteiger partial charge in [0.05, 0.1) is 39.3 Å². The van der Waals surface area contributed by atoms with Crippen molar-refractivity contribution >= 4 is 11.9 Å². The second kappa shape index (κ2) is 8.15. The van der Waals surface area contributed by atoms with Crippen molar-refractivity contribution in [3.63, 3.8) is 0 Å². The van der Waals surface area contributed by atoms with Crippen LogP contribution in [-0.2, 0) is 19.1 Å². The molecule has 1 aromatic rings. The number of carbonyl (C=O) groups excluding carboxylic acids is 2. The van der Waals surface area contributed by atoms with Crippen LogP contribution < -0.4 is 4.74 Å². The highest BCUT2D eigenvalue weighted by Gasteiger charge is 2.41. The number of hydrogen-bond acceptors (Lipinski definition) is 6. The first-order chi connectivity index (χ1) is 11.5. The Morgan fingerprint density at radius 2 is 1.58 bits per heavy atom. The lowest BCUT2D eigenvalue weighted by Crippen LogP contribution is -2.29. The van der Waals surface area contributed by atoms with Crippen LogP contribution in [0.4, 0.5) is 0 Å². The van der Waals surface area contributed by atoms with Gasteiger partial charge in [0.25, 0.3) is 0 Å². The molecule has 132 valence electrons. The Bertz CT molecular complexity index is 585. The SMILES string of the molecule is COC(=O)[C@H]1CC[C@@H](C(=O)OC)[C@@H](O)C[C@@H]1c1ccccc1OC. The number of methoxy groups -OCH3 is 3. The molecule has 1 saturated carbocycles. The van der Waals surface area contributed by atoms with Crippen molar-refractivity contribution in [1.29, 1.82) is 0 Å². The molecule has 0 aliphatic heterocycles. The topological polar surface area (TPSA) is 82.1 Å². The van der Waals surface area contributed by atoms with Crippen LogP contribution in [0.25, 0.3) is 0 Å². The third-order valence-corrected chi connectivity index (χ3v) is 4.78. The van der Waals surface area contributed by atoms with Crippen molar-refractivity contribution in [3.05, 3.63) is 29.8 Å². The molecular weight excluding hydrogens is 312 g/mol. The Balaban J connectivity index is 2.40. The van der Waals surface area contributed by atoms with Crippen LogP contribution in [0.3, 0.4) is 0 Å². The summed E-state index contributed by atoms with van der Waals surface area (Å²) in [6.45, 7) is 0. The minimum Gasteiger partial charge on any atom is -0.496 e. The molecule has 0 saturated heterocycles. The van der Waals surface area contributed by atoms with Gasteiger partial charge in [-0.05, 0) is 30.9 Å². The minimum atomic E-state index is -0.887. The zero-order valence-electron chi connectivity index (χ0n) is 14.2. The molecule has 4 atom stereocenters. The number of aliphatic hydroxyl groups excluding tert-OH is 1. The molecule has 1 fully saturated rings. The van der Waals surface area contributed by atoms with E-state index in [0.717, 1.165) is 5.56 Å². The van der Waals surface area contributed by atoms with Crippen LogP contribution in [0, 0.1) is 11.8 Å². The largest absolute Gasteiger partial charge is 0.496 e. The van der Waals surface area contributed by atoms with Crippen molar-refractivity contribution in [2.45, 2.75) is 31.3 Å². The molecule has 1 aliphatic rings. The van der Waals surface area contributed by atoms with Crippen LogP contribution in [0.15, 0.2) is 24.3 Å². The second-order valence-corrected chi connectivity index (χ2v) is 5.99. The highest BCUT2D eigenvalue weighted by atomic mass is 16.5. The third kappa shape index (κ3) is 3.70. The van der Waals surface area contributed by atoms with Gasteiger partial charge in [0.2, 0.25) is 0 Å². The third-order valence-electron chi connectivity index (χ3n) is 4.78. The number of carbonyl (C=O) groups is 2. The highest BCUT2D eigenvalue weighted by molar-refractivity contribution is 5.75. The Hall–Kier alpha value is -2.08. The van der Waals surface area contributed by atoms with E-state index in [9.17, 15) is 14.7 Å². The number of hydrogen-bond donors (Lipinski definition) is 1. The Morgan fingerprint density at radius 3 is 2.21 bits per heavy atom. The quantitative estimate of drug-likeness (QED) is 0.668. The lowest BCUT2D eigenvalue weighted by molar-refractivity contribution is -0.150. The monoisotopic (exact) mass is 336 g/mol. The lowest BCUT2D eigenvalue weighted by Gasteiger charge is -2.26.